The maximum Gasteiger partial charge on any atom is 0.102 e. The first-order valence-electron chi connectivity index (χ1n) is 10.2. The van der Waals surface area contributed by atoms with Crippen molar-refractivity contribution in [1.29, 1.82) is 0 Å². The van der Waals surface area contributed by atoms with Crippen molar-refractivity contribution in [3.63, 3.8) is 0 Å². The summed E-state index contributed by atoms with van der Waals surface area (Å²) in [7, 11) is 2.27. The first-order valence-corrected chi connectivity index (χ1v) is 11.9. The molecule has 31 heavy (non-hydrogen) atoms. The molecule has 5 rings (SSSR count). The molecule has 1 unspecified atom stereocenters. The first kappa shape index (κ1) is 24.1. The zero-order valence-electron chi connectivity index (χ0n) is 17.7. The van der Waals surface area contributed by atoms with Gasteiger partial charge in [-0.15, -0.1) is 36.2 Å². The van der Waals surface area contributed by atoms with E-state index in [-0.39, 0.29) is 24.8 Å². The highest BCUT2D eigenvalue weighted by Crippen LogP contribution is 2.35. The number of hydrogen-bond donors (Lipinski definition) is 1. The highest BCUT2D eigenvalue weighted by Gasteiger charge is 2.28. The normalized spacial score (nSPS) is 17.9. The number of anilines is 1. The van der Waals surface area contributed by atoms with Crippen LogP contribution in [0.3, 0.4) is 0 Å². The first-order chi connectivity index (χ1) is 14.2. The summed E-state index contributed by atoms with van der Waals surface area (Å²) < 4.78 is 0. The fraction of sp³-hybridized carbons (Fsp3) is 0.348. The van der Waals surface area contributed by atoms with Crippen LogP contribution in [-0.2, 0) is 6.42 Å². The van der Waals surface area contributed by atoms with E-state index in [0.29, 0.717) is 6.04 Å². The molecule has 0 amide bonds. The van der Waals surface area contributed by atoms with Crippen molar-refractivity contribution >= 4 is 64.4 Å². The summed E-state index contributed by atoms with van der Waals surface area (Å²) in [6.07, 6.45) is 6.36. The quantitative estimate of drug-likeness (QED) is 0.595. The molecule has 1 fully saturated rings. The SMILES string of the molecule is Cc1cc2c(s1)NC=c1cccnc1=C2N1CCN(C)C(CCc2ccsc2)C1.Cl.Cl. The fourth-order valence-corrected chi connectivity index (χ4v) is 5.93. The molecule has 1 atom stereocenters. The van der Waals surface area contributed by atoms with E-state index in [1.54, 1.807) is 11.3 Å². The minimum Gasteiger partial charge on any atom is -0.366 e. The van der Waals surface area contributed by atoms with Crippen molar-refractivity contribution in [3.8, 4) is 0 Å². The summed E-state index contributed by atoms with van der Waals surface area (Å²) in [4.78, 5) is 11.3. The summed E-state index contributed by atoms with van der Waals surface area (Å²) in [5.74, 6) is 0. The molecule has 0 spiro atoms. The van der Waals surface area contributed by atoms with E-state index in [9.17, 15) is 0 Å². The Morgan fingerprint density at radius 3 is 2.90 bits per heavy atom. The number of piperazine rings is 1. The van der Waals surface area contributed by atoms with Gasteiger partial charge in [0.1, 0.15) is 5.00 Å². The number of aromatic nitrogens is 1. The average Bonchev–Trinajstić information content (AvgIpc) is 3.34. The van der Waals surface area contributed by atoms with Gasteiger partial charge in [0.15, 0.2) is 0 Å². The van der Waals surface area contributed by atoms with Crippen LogP contribution in [0.5, 0.6) is 0 Å². The number of pyridine rings is 1. The predicted molar refractivity (Wildman–Crippen MR) is 138 cm³/mol. The number of fused-ring (bicyclic) bond motifs is 2. The van der Waals surface area contributed by atoms with Gasteiger partial charge in [0.05, 0.1) is 11.0 Å². The van der Waals surface area contributed by atoms with Crippen LogP contribution in [0.1, 0.15) is 22.4 Å². The molecular formula is C23H28Cl2N4S2. The van der Waals surface area contributed by atoms with Crippen LogP contribution >= 0.6 is 47.5 Å². The van der Waals surface area contributed by atoms with Crippen LogP contribution in [0.15, 0.2) is 41.2 Å². The van der Waals surface area contributed by atoms with Crippen LogP contribution < -0.4 is 15.9 Å². The molecule has 2 aliphatic heterocycles. The number of hydrogen-bond acceptors (Lipinski definition) is 6. The maximum atomic E-state index is 4.82. The fourth-order valence-electron chi connectivity index (χ4n) is 4.35. The molecule has 3 aromatic rings. The van der Waals surface area contributed by atoms with Crippen molar-refractivity contribution in [3.05, 3.63) is 67.8 Å². The highest BCUT2D eigenvalue weighted by molar-refractivity contribution is 7.16. The number of nitrogens with zero attached hydrogens (tertiary/aromatic N) is 3. The topological polar surface area (TPSA) is 31.4 Å². The molecule has 3 aromatic heterocycles. The molecule has 2 aliphatic rings. The maximum absolute atomic E-state index is 4.82. The molecule has 5 heterocycles. The Morgan fingerprint density at radius 1 is 1.23 bits per heavy atom. The Labute approximate surface area is 204 Å². The predicted octanol–water partition coefficient (Wildman–Crippen LogP) is 3.93. The largest absolute Gasteiger partial charge is 0.366 e. The second-order valence-electron chi connectivity index (χ2n) is 7.93. The van der Waals surface area contributed by atoms with Gasteiger partial charge >= 0.3 is 0 Å². The van der Waals surface area contributed by atoms with Crippen molar-refractivity contribution < 1.29 is 0 Å². The molecule has 0 bridgehead atoms. The number of aryl methyl sites for hydroxylation is 2. The van der Waals surface area contributed by atoms with Gasteiger partial charge in [-0.25, -0.2) is 0 Å². The van der Waals surface area contributed by atoms with E-state index >= 15 is 0 Å². The van der Waals surface area contributed by atoms with E-state index < -0.39 is 0 Å². The Kier molecular flexibility index (Phi) is 8.05. The number of nitrogens with one attached hydrogen (secondary N) is 1. The summed E-state index contributed by atoms with van der Waals surface area (Å²) in [5, 5.41) is 11.5. The standard InChI is InChI=1S/C23H26N4S2.2ClH/c1-16-12-20-22(21-18(4-3-8-24-21)13-25-23(20)29-16)27-10-9-26(2)19(14-27)6-5-17-7-11-28-15-17;;/h3-4,7-8,11-13,15,19,25H,5-6,9-10,14H2,1-2H3;2*1H. The third-order valence-corrected chi connectivity index (χ3v) is 7.69. The van der Waals surface area contributed by atoms with E-state index in [1.807, 2.05) is 23.6 Å². The van der Waals surface area contributed by atoms with Crippen LogP contribution in [0.4, 0.5) is 5.00 Å². The van der Waals surface area contributed by atoms with Gasteiger partial charge in [-0.1, -0.05) is 0 Å². The van der Waals surface area contributed by atoms with Crippen LogP contribution in [0, 0.1) is 6.92 Å². The zero-order chi connectivity index (χ0) is 19.8. The molecule has 8 heteroatoms. The number of rotatable bonds is 4. The van der Waals surface area contributed by atoms with Gasteiger partial charge in [-0.05, 0) is 67.4 Å². The molecular weight excluding hydrogens is 467 g/mol. The number of halogens is 2. The van der Waals surface area contributed by atoms with E-state index in [1.165, 1.54) is 33.1 Å². The van der Waals surface area contributed by atoms with Gasteiger partial charge in [0, 0.05) is 53.7 Å². The molecule has 0 aromatic carbocycles. The lowest BCUT2D eigenvalue weighted by Gasteiger charge is -2.41. The molecule has 166 valence electrons. The summed E-state index contributed by atoms with van der Waals surface area (Å²) in [6, 6.07) is 9.30. The van der Waals surface area contributed by atoms with Crippen LogP contribution in [-0.4, -0.2) is 47.5 Å². The van der Waals surface area contributed by atoms with E-state index in [0.717, 1.165) is 36.6 Å². The number of likely N-dealkylation sites (N-methyl/N-ethyl adjacent to an activating group) is 1. The van der Waals surface area contributed by atoms with Crippen LogP contribution in [0.2, 0.25) is 0 Å². The van der Waals surface area contributed by atoms with Gasteiger partial charge in [0.25, 0.3) is 0 Å². The molecule has 1 N–H and O–H groups in total. The van der Waals surface area contributed by atoms with Gasteiger partial charge < -0.3 is 10.2 Å². The lowest BCUT2D eigenvalue weighted by molar-refractivity contribution is 0.128. The summed E-state index contributed by atoms with van der Waals surface area (Å²) in [5.41, 5.74) is 4.04. The highest BCUT2D eigenvalue weighted by atomic mass is 35.5. The molecule has 1 saturated heterocycles. The Bertz CT molecular complexity index is 1130. The Balaban J connectivity index is 0.00000136. The summed E-state index contributed by atoms with van der Waals surface area (Å²) in [6.45, 7) is 5.34. The van der Waals surface area contributed by atoms with Crippen molar-refractivity contribution in [1.82, 2.24) is 14.8 Å². The van der Waals surface area contributed by atoms with Gasteiger partial charge in [0.2, 0.25) is 0 Å². The Hall–Kier alpha value is -1.57. The third kappa shape index (κ3) is 4.94. The number of thiophene rings is 2. The summed E-state index contributed by atoms with van der Waals surface area (Å²) >= 11 is 3.62. The smallest absolute Gasteiger partial charge is 0.102 e. The van der Waals surface area contributed by atoms with Crippen molar-refractivity contribution in [2.75, 3.05) is 32.0 Å². The van der Waals surface area contributed by atoms with E-state index in [4.69, 9.17) is 4.98 Å². The van der Waals surface area contributed by atoms with E-state index in [2.05, 4.69) is 64.2 Å². The van der Waals surface area contributed by atoms with Gasteiger partial charge in [-0.2, -0.15) is 11.3 Å². The Morgan fingerprint density at radius 2 is 2.10 bits per heavy atom. The van der Waals surface area contributed by atoms with Crippen LogP contribution in [0.25, 0.3) is 11.9 Å². The molecule has 0 saturated carbocycles. The second-order valence-corrected chi connectivity index (χ2v) is 9.97. The molecule has 0 aliphatic carbocycles. The van der Waals surface area contributed by atoms with Gasteiger partial charge in [-0.3, -0.25) is 9.88 Å². The van der Waals surface area contributed by atoms with Crippen molar-refractivity contribution in [2.24, 2.45) is 0 Å². The average molecular weight is 496 g/mol. The second kappa shape index (κ2) is 10.4. The molecule has 4 nitrogen and oxygen atoms in total. The lowest BCUT2D eigenvalue weighted by Crippen LogP contribution is -2.52. The van der Waals surface area contributed by atoms with Crippen molar-refractivity contribution in [2.45, 2.75) is 25.8 Å². The third-order valence-electron chi connectivity index (χ3n) is 5.97. The molecule has 0 radical (unpaired) electrons. The minimum absolute atomic E-state index is 0. The monoisotopic (exact) mass is 494 g/mol. The zero-order valence-corrected chi connectivity index (χ0v) is 21.0. The lowest BCUT2D eigenvalue weighted by atomic mass is 10.0. The minimum atomic E-state index is 0.